The summed E-state index contributed by atoms with van der Waals surface area (Å²) >= 11 is 0. The molecule has 0 unspecified atom stereocenters. The highest BCUT2D eigenvalue weighted by molar-refractivity contribution is 4.44. The molecule has 0 aromatic carbocycles. The van der Waals surface area contributed by atoms with Crippen LogP contribution in [0.3, 0.4) is 0 Å². The lowest BCUT2D eigenvalue weighted by Gasteiger charge is -2.00. The Kier molecular flexibility index (Phi) is 4.96. The Morgan fingerprint density at radius 3 is 1.62 bits per heavy atom. The summed E-state index contributed by atoms with van der Waals surface area (Å²) in [7, 11) is 0. The van der Waals surface area contributed by atoms with Crippen molar-refractivity contribution in [3.63, 3.8) is 0 Å². The van der Waals surface area contributed by atoms with Gasteiger partial charge in [0.05, 0.1) is 0 Å². The number of hydrogen-bond acceptors (Lipinski definition) is 1. The Bertz CT molecular complexity index is 49.7. The lowest BCUT2D eigenvalue weighted by molar-refractivity contribution is -0.134. The van der Waals surface area contributed by atoms with E-state index in [4.69, 9.17) is 0 Å². The quantitative estimate of drug-likeness (QED) is 0.580. The van der Waals surface area contributed by atoms with Crippen LogP contribution in [0.1, 0.15) is 19.8 Å². The Hall–Kier alpha value is -0.250. The summed E-state index contributed by atoms with van der Waals surface area (Å²) in [6, 6.07) is 0. The van der Waals surface area contributed by atoms with Crippen LogP contribution in [0, 0.1) is 0 Å². The molecule has 0 saturated heterocycles. The van der Waals surface area contributed by atoms with Crippen LogP contribution < -0.4 is 6.15 Å². The minimum atomic E-state index is -3.95. The van der Waals surface area contributed by atoms with Crippen LogP contribution in [-0.4, -0.2) is 6.18 Å². The van der Waals surface area contributed by atoms with E-state index in [1.807, 2.05) is 0 Å². The van der Waals surface area contributed by atoms with Crippen molar-refractivity contribution in [1.82, 2.24) is 6.15 Å². The van der Waals surface area contributed by atoms with E-state index in [0.717, 1.165) is 0 Å². The van der Waals surface area contributed by atoms with Crippen molar-refractivity contribution in [2.24, 2.45) is 0 Å². The molecular weight excluding hydrogens is 119 g/mol. The van der Waals surface area contributed by atoms with Gasteiger partial charge in [0.1, 0.15) is 0 Å². The molecule has 0 aromatic rings. The third kappa shape index (κ3) is 9.23. The zero-order valence-corrected chi connectivity index (χ0v) is 4.76. The first kappa shape index (κ1) is 10.7. The number of rotatable bonds is 1. The normalized spacial score (nSPS) is 10.5. The predicted molar refractivity (Wildman–Crippen MR) is 26.0 cm³/mol. The van der Waals surface area contributed by atoms with E-state index in [2.05, 4.69) is 0 Å². The molecular formula is C4H10F3N. The minimum absolute atomic E-state index is 0. The van der Waals surface area contributed by atoms with Crippen LogP contribution >= 0.6 is 0 Å². The van der Waals surface area contributed by atoms with Gasteiger partial charge in [-0.2, -0.15) is 13.2 Å². The molecule has 0 radical (unpaired) electrons. The highest BCUT2D eigenvalue weighted by Crippen LogP contribution is 2.20. The van der Waals surface area contributed by atoms with Crippen molar-refractivity contribution >= 4 is 0 Å². The summed E-state index contributed by atoms with van der Waals surface area (Å²) in [5, 5.41) is 0. The second-order valence-electron chi connectivity index (χ2n) is 1.37. The van der Waals surface area contributed by atoms with E-state index in [1.165, 1.54) is 6.92 Å². The molecule has 1 nitrogen and oxygen atoms in total. The van der Waals surface area contributed by atoms with E-state index in [0.29, 0.717) is 0 Å². The summed E-state index contributed by atoms with van der Waals surface area (Å²) < 4.78 is 33.2. The Balaban J connectivity index is 0. The van der Waals surface area contributed by atoms with Gasteiger partial charge in [0, 0.05) is 6.42 Å². The van der Waals surface area contributed by atoms with Crippen LogP contribution in [0.25, 0.3) is 0 Å². The standard InChI is InChI=1S/C4H7F3.H3N/c1-2-3-4(5,6)7;/h2-3H2,1H3;1H3. The molecule has 0 atom stereocenters. The maximum atomic E-state index is 11.1. The Labute approximate surface area is 46.5 Å². The van der Waals surface area contributed by atoms with Crippen LogP contribution in [-0.2, 0) is 0 Å². The molecule has 0 aliphatic rings. The SMILES string of the molecule is CCCC(F)(F)F.N. The molecule has 3 N–H and O–H groups in total. The molecule has 52 valence electrons. The first-order valence-electron chi connectivity index (χ1n) is 2.13. The number of halogens is 3. The Morgan fingerprint density at radius 2 is 1.62 bits per heavy atom. The van der Waals surface area contributed by atoms with Crippen LogP contribution in [0.4, 0.5) is 13.2 Å². The van der Waals surface area contributed by atoms with Crippen LogP contribution in [0.5, 0.6) is 0 Å². The third-order valence-electron chi connectivity index (χ3n) is 0.533. The molecule has 4 heteroatoms. The largest absolute Gasteiger partial charge is 0.389 e. The maximum absolute atomic E-state index is 11.1. The van der Waals surface area contributed by atoms with Gasteiger partial charge in [0.15, 0.2) is 0 Å². The molecule has 0 amide bonds. The van der Waals surface area contributed by atoms with Gasteiger partial charge >= 0.3 is 6.18 Å². The molecule has 0 rings (SSSR count). The number of alkyl halides is 3. The molecule has 0 spiro atoms. The van der Waals surface area contributed by atoms with Crippen molar-refractivity contribution in [2.75, 3.05) is 0 Å². The fourth-order valence-electron chi connectivity index (χ4n) is 0.283. The maximum Gasteiger partial charge on any atom is 0.389 e. The lowest BCUT2D eigenvalue weighted by Crippen LogP contribution is -2.04. The van der Waals surface area contributed by atoms with Gasteiger partial charge < -0.3 is 6.15 Å². The first-order valence-corrected chi connectivity index (χ1v) is 2.13. The van der Waals surface area contributed by atoms with Gasteiger partial charge in [-0.3, -0.25) is 0 Å². The van der Waals surface area contributed by atoms with Crippen LogP contribution in [0.15, 0.2) is 0 Å². The predicted octanol–water partition coefficient (Wildman–Crippen LogP) is 2.51. The highest BCUT2D eigenvalue weighted by atomic mass is 19.4. The molecule has 0 aliphatic heterocycles. The van der Waals surface area contributed by atoms with Crippen molar-refractivity contribution < 1.29 is 13.2 Å². The van der Waals surface area contributed by atoms with Crippen molar-refractivity contribution in [1.29, 1.82) is 0 Å². The average Bonchev–Trinajstić information content (AvgIpc) is 1.30. The molecule has 0 bridgehead atoms. The third-order valence-corrected chi connectivity index (χ3v) is 0.533. The summed E-state index contributed by atoms with van der Waals surface area (Å²) in [5.41, 5.74) is 0. The van der Waals surface area contributed by atoms with Gasteiger partial charge in [-0.15, -0.1) is 0 Å². The van der Waals surface area contributed by atoms with Gasteiger partial charge in [0.2, 0.25) is 0 Å². The van der Waals surface area contributed by atoms with Crippen molar-refractivity contribution in [3.05, 3.63) is 0 Å². The first-order chi connectivity index (χ1) is 3.06. The summed E-state index contributed by atoms with van der Waals surface area (Å²) in [6.45, 7) is 1.51. The fraction of sp³-hybridized carbons (Fsp3) is 1.00. The van der Waals surface area contributed by atoms with E-state index in [-0.39, 0.29) is 12.6 Å². The minimum Gasteiger partial charge on any atom is -0.344 e. The zero-order valence-electron chi connectivity index (χ0n) is 4.76. The van der Waals surface area contributed by atoms with Gasteiger partial charge in [-0.1, -0.05) is 6.92 Å². The van der Waals surface area contributed by atoms with Crippen molar-refractivity contribution in [2.45, 2.75) is 25.9 Å². The van der Waals surface area contributed by atoms with E-state index in [1.54, 1.807) is 0 Å². The smallest absolute Gasteiger partial charge is 0.344 e. The van der Waals surface area contributed by atoms with Gasteiger partial charge in [0.25, 0.3) is 0 Å². The monoisotopic (exact) mass is 129 g/mol. The topological polar surface area (TPSA) is 35.0 Å². The second kappa shape index (κ2) is 3.72. The Morgan fingerprint density at radius 1 is 1.25 bits per heavy atom. The van der Waals surface area contributed by atoms with Crippen molar-refractivity contribution in [3.8, 4) is 0 Å². The number of hydrogen-bond donors (Lipinski definition) is 1. The zero-order chi connectivity index (χ0) is 5.91. The second-order valence-corrected chi connectivity index (χ2v) is 1.37. The lowest BCUT2D eigenvalue weighted by atomic mass is 10.3. The molecule has 0 aliphatic carbocycles. The molecule has 0 saturated carbocycles. The van der Waals surface area contributed by atoms with Gasteiger partial charge in [-0.05, 0) is 6.42 Å². The van der Waals surface area contributed by atoms with Crippen LogP contribution in [0.2, 0.25) is 0 Å². The summed E-state index contributed by atoms with van der Waals surface area (Å²) in [6.07, 6.45) is -4.43. The molecule has 8 heavy (non-hydrogen) atoms. The average molecular weight is 129 g/mol. The fourth-order valence-corrected chi connectivity index (χ4v) is 0.283. The van der Waals surface area contributed by atoms with E-state index >= 15 is 0 Å². The summed E-state index contributed by atoms with van der Waals surface area (Å²) in [5.74, 6) is 0. The highest BCUT2D eigenvalue weighted by Gasteiger charge is 2.24. The van der Waals surface area contributed by atoms with E-state index in [9.17, 15) is 13.2 Å². The molecule has 0 fully saturated rings. The van der Waals surface area contributed by atoms with E-state index < -0.39 is 12.6 Å². The van der Waals surface area contributed by atoms with Gasteiger partial charge in [-0.25, -0.2) is 0 Å². The summed E-state index contributed by atoms with van der Waals surface area (Å²) in [4.78, 5) is 0. The molecule has 0 heterocycles. The molecule has 0 aromatic heterocycles.